The minimum absolute atomic E-state index is 0.0307. The number of carbonyl (C=O) groups excluding carboxylic acids is 5. The summed E-state index contributed by atoms with van der Waals surface area (Å²) in [7, 11) is 0.766. The highest BCUT2D eigenvalue weighted by atomic mass is 32.1. The third-order valence-corrected chi connectivity index (χ3v) is 14.1. The number of fused-ring (bicyclic) bond motifs is 15. The second kappa shape index (κ2) is 21.4. The van der Waals surface area contributed by atoms with Gasteiger partial charge in [0.1, 0.15) is 34.8 Å². The molecular weight excluding hydrogens is 950 g/mol. The van der Waals surface area contributed by atoms with Crippen molar-refractivity contribution < 1.29 is 46.7 Å². The minimum atomic E-state index is -2.71. The number of ether oxygens (including phenoxy) is 2. The van der Waals surface area contributed by atoms with Gasteiger partial charge in [-0.1, -0.05) is 72.8 Å². The van der Waals surface area contributed by atoms with Crippen molar-refractivity contribution in [2.45, 2.75) is 18.6 Å². The molecule has 5 amide bonds. The van der Waals surface area contributed by atoms with E-state index in [1.165, 1.54) is 35.4 Å². The third kappa shape index (κ3) is 11.0. The first-order chi connectivity index (χ1) is 34.1. The van der Waals surface area contributed by atoms with Crippen LogP contribution in [0.15, 0.2) is 127 Å². The number of thiocarbonyl (C=S) groups is 1. The Morgan fingerprint density at radius 2 is 1.13 bits per heavy atom. The molecule has 10 rings (SSSR count). The molecule has 2 fully saturated rings. The van der Waals surface area contributed by atoms with E-state index in [4.69, 9.17) is 22.8 Å². The second-order valence-electron chi connectivity index (χ2n) is 16.0. The summed E-state index contributed by atoms with van der Waals surface area (Å²) in [6, 6.07) is 36.8. The first-order valence-corrected chi connectivity index (χ1v) is 24.9. The molecule has 0 radical (unpaired) electrons. The fraction of sp³-hybridized carbons (Fsp3) is 0.160. The van der Waals surface area contributed by atoms with Crippen LogP contribution in [0.1, 0.15) is 37.5 Å². The average molecular weight is 992 g/mol. The van der Waals surface area contributed by atoms with E-state index in [1.54, 1.807) is 36.4 Å². The number of aromatic nitrogens is 2. The largest absolute Gasteiger partial charge is 1.45 e. The predicted molar refractivity (Wildman–Crippen MR) is 271 cm³/mol. The summed E-state index contributed by atoms with van der Waals surface area (Å²) in [5.74, 6) is -1.83. The van der Waals surface area contributed by atoms with Gasteiger partial charge in [-0.3, -0.25) is 24.0 Å². The molecule has 2 aromatic heterocycles. The van der Waals surface area contributed by atoms with Gasteiger partial charge < -0.3 is 63.7 Å². The number of rotatable bonds is 5. The molecule has 5 heterocycles. The monoisotopic (exact) mass is 991 g/mol. The Kier molecular flexibility index (Phi) is 14.5. The highest BCUT2D eigenvalue weighted by Crippen LogP contribution is 2.45. The number of pyridine rings is 2. The lowest BCUT2D eigenvalue weighted by atomic mass is 9.92. The summed E-state index contributed by atoms with van der Waals surface area (Å²) in [6.07, 6.45) is 0.471. The summed E-state index contributed by atoms with van der Waals surface area (Å²) >= 11 is 4.13. The molecule has 3 aliphatic rings. The molecule has 0 unspecified atom stereocenters. The van der Waals surface area contributed by atoms with Gasteiger partial charge in [0.2, 0.25) is 0 Å². The molecule has 5 N–H and O–H groups in total. The number of nitrogens with one attached hydrogen (secondary N) is 5. The predicted octanol–water partition coefficient (Wildman–Crippen LogP) is 8.16. The number of carbonyl (C=O) groups is 5. The van der Waals surface area contributed by atoms with Crippen LogP contribution in [-0.4, -0.2) is 92.5 Å². The molecule has 3 aliphatic heterocycles. The van der Waals surface area contributed by atoms with E-state index in [0.29, 0.717) is 48.3 Å². The SMILES string of the molecule is O=C1COc2ccc3ccccc3c2-c2c(ccc3ccccc23)OCC(=O)Nc2cccc(n2)NC(=O)c2cc(C(=O)NCCC[Si]34OCC(CO3)O4)cc(c2)C(=O)Nc2cccc(n2)N1.[P-2]C=S. The van der Waals surface area contributed by atoms with E-state index < -0.39 is 51.6 Å². The summed E-state index contributed by atoms with van der Waals surface area (Å²) in [4.78, 5) is 77.3. The normalized spacial score (nSPS) is 17.8. The molecule has 5 aromatic carbocycles. The number of nitrogens with zero attached hydrogens (tertiary/aromatic N) is 2. The standard InChI is InChI=1S/C49H41N7O10Si.CHPS/c57-43-27-62-37-18-16-29-8-1-3-10-35(29)45(37)46-36-11-4-2-9-30(36)17-19-38(46)63-28-44(58)54-40-13-6-15-42(52-40)56-49(61)33-23-31(47(59)50-20-7-21-67-64-25-34(66-67)26-65-67)22-32(24-33)48(60)55-41-14-5-12-39(51-41)53-43;2-1-3/h1-6,8-19,22-24,34H,7,20-21,25-28H2,(H,50,59)(H2,51,53,55,57,60)(H2,52,54,56,58,61);1H/q;-2. The van der Waals surface area contributed by atoms with Crippen LogP contribution >= 0.6 is 21.5 Å². The van der Waals surface area contributed by atoms with Gasteiger partial charge in [-0.05, 0) is 82.6 Å². The van der Waals surface area contributed by atoms with Crippen LogP contribution < -0.4 is 36.1 Å². The lowest BCUT2D eigenvalue weighted by Gasteiger charge is -2.19. The zero-order valence-electron chi connectivity index (χ0n) is 37.1. The molecular formula is C50H42N7O10PSSi-2. The van der Waals surface area contributed by atoms with Crippen molar-refractivity contribution in [2.24, 2.45) is 0 Å². The summed E-state index contributed by atoms with van der Waals surface area (Å²) in [5.41, 5.74) is 1.25. The molecule has 20 heteroatoms. The van der Waals surface area contributed by atoms with E-state index in [1.807, 2.05) is 60.7 Å². The number of amides is 5. The van der Waals surface area contributed by atoms with Crippen LogP contribution in [0, 0.1) is 0 Å². The van der Waals surface area contributed by atoms with Crippen molar-refractivity contribution in [1.29, 1.82) is 0 Å². The number of benzene rings is 5. The van der Waals surface area contributed by atoms with Crippen LogP contribution in [0.25, 0.3) is 32.7 Å². The van der Waals surface area contributed by atoms with Gasteiger partial charge >= 0.3 is 8.80 Å². The zero-order chi connectivity index (χ0) is 48.6. The molecule has 8 bridgehead atoms. The molecule has 0 aliphatic carbocycles. The van der Waals surface area contributed by atoms with E-state index in [9.17, 15) is 24.0 Å². The maximum atomic E-state index is 13.9. The molecule has 0 atom stereocenters. The topological polar surface area (TPSA) is 217 Å². The Balaban J connectivity index is 0.00000198. The Morgan fingerprint density at radius 3 is 1.60 bits per heavy atom. The average Bonchev–Trinajstić information content (AvgIpc) is 3.98. The van der Waals surface area contributed by atoms with Crippen molar-refractivity contribution in [1.82, 2.24) is 15.3 Å². The Morgan fingerprint density at radius 1 is 0.657 bits per heavy atom. The first-order valence-electron chi connectivity index (χ1n) is 22.0. The van der Waals surface area contributed by atoms with Crippen LogP contribution in [-0.2, 0) is 22.9 Å². The van der Waals surface area contributed by atoms with Crippen LogP contribution in [0.3, 0.4) is 0 Å². The lowest BCUT2D eigenvalue weighted by Crippen LogP contribution is -2.39. The van der Waals surface area contributed by atoms with E-state index in [-0.39, 0.29) is 52.6 Å². The second-order valence-corrected chi connectivity index (χ2v) is 19.5. The third-order valence-electron chi connectivity index (χ3n) is 11.3. The van der Waals surface area contributed by atoms with Crippen molar-refractivity contribution >= 4 is 110 Å². The zero-order valence-corrected chi connectivity index (χ0v) is 39.8. The van der Waals surface area contributed by atoms with E-state index >= 15 is 0 Å². The number of anilines is 4. The lowest BCUT2D eigenvalue weighted by molar-refractivity contribution is -0.118. The van der Waals surface area contributed by atoms with Gasteiger partial charge in [-0.2, -0.15) is 12.2 Å². The fourth-order valence-corrected chi connectivity index (χ4v) is 10.9. The van der Waals surface area contributed by atoms with Crippen molar-refractivity contribution in [3.8, 4) is 22.6 Å². The summed E-state index contributed by atoms with van der Waals surface area (Å²) in [6.45, 7) is 0.423. The fourth-order valence-electron chi connectivity index (χ4n) is 8.18. The first kappa shape index (κ1) is 47.5. The van der Waals surface area contributed by atoms with E-state index in [2.05, 4.69) is 58.0 Å². The molecule has 0 spiro atoms. The van der Waals surface area contributed by atoms with Crippen molar-refractivity contribution in [3.05, 3.63) is 144 Å². The van der Waals surface area contributed by atoms with Gasteiger partial charge in [0, 0.05) is 40.4 Å². The van der Waals surface area contributed by atoms with Crippen molar-refractivity contribution in [3.63, 3.8) is 0 Å². The highest BCUT2D eigenvalue weighted by molar-refractivity contribution is 7.87. The van der Waals surface area contributed by atoms with E-state index in [0.717, 1.165) is 21.5 Å². The number of hydrogen-bond donors (Lipinski definition) is 5. The quantitative estimate of drug-likeness (QED) is 0.0477. The van der Waals surface area contributed by atoms with Crippen molar-refractivity contribution in [2.75, 3.05) is 54.2 Å². The summed E-state index contributed by atoms with van der Waals surface area (Å²) in [5, 5.41) is 18.5. The summed E-state index contributed by atoms with van der Waals surface area (Å²) < 4.78 is 30.0. The van der Waals surface area contributed by atoms with Crippen LogP contribution in [0.5, 0.6) is 11.5 Å². The van der Waals surface area contributed by atoms with Gasteiger partial charge in [0.05, 0.1) is 19.3 Å². The smallest absolute Gasteiger partial charge is 0.501 e. The molecule has 17 nitrogen and oxygen atoms in total. The van der Waals surface area contributed by atoms with Gasteiger partial charge in [0.25, 0.3) is 29.5 Å². The maximum absolute atomic E-state index is 13.9. The molecule has 0 saturated carbocycles. The molecule has 7 aromatic rings. The Bertz CT molecular complexity index is 3010. The molecule has 70 heavy (non-hydrogen) atoms. The van der Waals surface area contributed by atoms with Crippen LogP contribution in [0.2, 0.25) is 6.04 Å². The number of hydrogen-bond acceptors (Lipinski definition) is 13. The van der Waals surface area contributed by atoms with Gasteiger partial charge in [-0.15, -0.1) is 0 Å². The molecule has 354 valence electrons. The highest BCUT2D eigenvalue weighted by Gasteiger charge is 2.54. The van der Waals surface area contributed by atoms with Crippen LogP contribution in [0.4, 0.5) is 23.3 Å². The maximum Gasteiger partial charge on any atom is 0.501 e. The van der Waals surface area contributed by atoms with Gasteiger partial charge in [0.15, 0.2) is 13.2 Å². The minimum Gasteiger partial charge on any atom is -1.45 e. The Labute approximate surface area is 409 Å². The van der Waals surface area contributed by atoms with Gasteiger partial charge in [-0.25, -0.2) is 9.97 Å². The Hall–Kier alpha value is -7.51. The molecule has 2 saturated heterocycles.